The molecule has 1 aliphatic carbocycles. The summed E-state index contributed by atoms with van der Waals surface area (Å²) in [6, 6.07) is 21.3. The van der Waals surface area contributed by atoms with Gasteiger partial charge in [-0.3, -0.25) is 15.0 Å². The number of nitro groups is 1. The first-order valence-corrected chi connectivity index (χ1v) is 11.3. The van der Waals surface area contributed by atoms with Crippen LogP contribution in [0.5, 0.6) is 5.75 Å². The normalized spacial score (nSPS) is 17.1. The van der Waals surface area contributed by atoms with E-state index in [4.69, 9.17) is 4.74 Å². The number of rotatable bonds is 6. The molecule has 0 bridgehead atoms. The summed E-state index contributed by atoms with van der Waals surface area (Å²) in [5, 5.41) is 11.4. The van der Waals surface area contributed by atoms with Gasteiger partial charge in [0.2, 0.25) is 0 Å². The zero-order valence-corrected chi connectivity index (χ0v) is 18.7. The predicted octanol–water partition coefficient (Wildman–Crippen LogP) is 4.79. The fraction of sp³-hybridized carbons (Fsp3) is 0.259. The molecule has 0 unspecified atom stereocenters. The topological polar surface area (TPSA) is 58.8 Å². The average Bonchev–Trinajstić information content (AvgIpc) is 3.14. The van der Waals surface area contributed by atoms with Gasteiger partial charge >= 0.3 is 0 Å². The van der Waals surface area contributed by atoms with Crippen molar-refractivity contribution < 1.29 is 9.66 Å². The lowest BCUT2D eigenvalue weighted by Gasteiger charge is -2.32. The number of nitrogens with zero attached hydrogens (tertiary/aromatic N) is 3. The molecule has 0 radical (unpaired) electrons. The zero-order valence-electron chi connectivity index (χ0n) is 18.7. The Morgan fingerprint density at radius 1 is 0.909 bits per heavy atom. The maximum absolute atomic E-state index is 11.4. The highest BCUT2D eigenvalue weighted by Crippen LogP contribution is 2.46. The molecule has 1 heterocycles. The van der Waals surface area contributed by atoms with E-state index in [1.807, 2.05) is 42.5 Å². The van der Waals surface area contributed by atoms with Crippen LogP contribution in [0.15, 0.2) is 66.7 Å². The highest BCUT2D eigenvalue weighted by molar-refractivity contribution is 6.07. The second kappa shape index (κ2) is 9.17. The third-order valence-electron chi connectivity index (χ3n) is 6.49. The van der Waals surface area contributed by atoms with E-state index in [9.17, 15) is 10.1 Å². The number of nitro benzene ring substituents is 1. The van der Waals surface area contributed by atoms with Crippen LogP contribution in [0, 0.1) is 10.1 Å². The molecular formula is C27H27N3O3. The molecule has 5 rings (SSSR count). The number of hydrogen-bond donors (Lipinski definition) is 0. The van der Waals surface area contributed by atoms with Gasteiger partial charge in [0.15, 0.2) is 0 Å². The maximum atomic E-state index is 11.4. The van der Waals surface area contributed by atoms with Crippen LogP contribution >= 0.6 is 0 Å². The van der Waals surface area contributed by atoms with Crippen molar-refractivity contribution in [3.63, 3.8) is 0 Å². The number of benzene rings is 3. The number of ether oxygens (including phenoxy) is 1. The molecule has 1 saturated heterocycles. The number of para-hydroxylation sites is 1. The van der Waals surface area contributed by atoms with Gasteiger partial charge in [-0.05, 0) is 53.1 Å². The average molecular weight is 442 g/mol. The summed E-state index contributed by atoms with van der Waals surface area (Å²) < 4.78 is 6.21. The van der Waals surface area contributed by atoms with Crippen molar-refractivity contribution in [2.75, 3.05) is 46.4 Å². The quantitative estimate of drug-likeness (QED) is 0.318. The van der Waals surface area contributed by atoms with Gasteiger partial charge in [-0.15, -0.1) is 0 Å². The summed E-state index contributed by atoms with van der Waals surface area (Å²) in [6.45, 7) is 5.84. The second-order valence-corrected chi connectivity index (χ2v) is 8.62. The van der Waals surface area contributed by atoms with E-state index in [-0.39, 0.29) is 10.6 Å². The van der Waals surface area contributed by atoms with E-state index >= 15 is 0 Å². The van der Waals surface area contributed by atoms with Crippen molar-refractivity contribution in [2.45, 2.75) is 0 Å². The van der Waals surface area contributed by atoms with Crippen LogP contribution < -0.4 is 4.74 Å². The summed E-state index contributed by atoms with van der Waals surface area (Å²) in [6.07, 6.45) is 2.10. The molecule has 33 heavy (non-hydrogen) atoms. The molecule has 1 fully saturated rings. The van der Waals surface area contributed by atoms with Gasteiger partial charge in [-0.1, -0.05) is 42.5 Å². The van der Waals surface area contributed by atoms with Crippen LogP contribution in [0.25, 0.3) is 22.8 Å². The van der Waals surface area contributed by atoms with E-state index in [2.05, 4.69) is 35.1 Å². The van der Waals surface area contributed by atoms with Gasteiger partial charge in [-0.2, -0.15) is 0 Å². The molecular weight excluding hydrogens is 414 g/mol. The largest absolute Gasteiger partial charge is 0.492 e. The van der Waals surface area contributed by atoms with Crippen molar-refractivity contribution in [2.24, 2.45) is 0 Å². The summed E-state index contributed by atoms with van der Waals surface area (Å²) in [7, 11) is 2.16. The van der Waals surface area contributed by atoms with Crippen LogP contribution in [-0.2, 0) is 0 Å². The van der Waals surface area contributed by atoms with Crippen molar-refractivity contribution in [1.82, 2.24) is 9.80 Å². The minimum absolute atomic E-state index is 0.101. The summed E-state index contributed by atoms with van der Waals surface area (Å²) in [5.41, 5.74) is 6.15. The molecule has 6 nitrogen and oxygen atoms in total. The fourth-order valence-electron chi connectivity index (χ4n) is 4.60. The second-order valence-electron chi connectivity index (χ2n) is 8.62. The van der Waals surface area contributed by atoms with E-state index < -0.39 is 0 Å². The van der Waals surface area contributed by atoms with Gasteiger partial charge < -0.3 is 9.64 Å². The molecule has 6 heteroatoms. The lowest BCUT2D eigenvalue weighted by Crippen LogP contribution is -2.45. The number of hydrogen-bond acceptors (Lipinski definition) is 5. The Morgan fingerprint density at radius 2 is 1.61 bits per heavy atom. The highest BCUT2D eigenvalue weighted by Gasteiger charge is 2.25. The first-order valence-electron chi connectivity index (χ1n) is 11.3. The Hall–Kier alpha value is -3.48. The molecule has 2 aliphatic rings. The predicted molar refractivity (Wildman–Crippen MR) is 131 cm³/mol. The smallest absolute Gasteiger partial charge is 0.270 e. The van der Waals surface area contributed by atoms with Crippen molar-refractivity contribution in [1.29, 1.82) is 0 Å². The lowest BCUT2D eigenvalue weighted by atomic mass is 10.0. The SMILES string of the molecule is CN1CCN(CCOc2ccccc2C=C2c3ccccc3-c3ccc([N+](=O)[O-])cc32)CC1. The van der Waals surface area contributed by atoms with Gasteiger partial charge in [0.1, 0.15) is 12.4 Å². The molecule has 168 valence electrons. The molecule has 3 aromatic carbocycles. The van der Waals surface area contributed by atoms with Gasteiger partial charge in [0.05, 0.1) is 4.92 Å². The molecule has 3 aromatic rings. The minimum atomic E-state index is -0.337. The highest BCUT2D eigenvalue weighted by atomic mass is 16.6. The molecule has 0 saturated carbocycles. The molecule has 0 amide bonds. The van der Waals surface area contributed by atoms with Gasteiger partial charge in [-0.25, -0.2) is 0 Å². The Labute approximate surface area is 193 Å². The van der Waals surface area contributed by atoms with Crippen LogP contribution in [-0.4, -0.2) is 61.1 Å². The van der Waals surface area contributed by atoms with Crippen LogP contribution in [0.4, 0.5) is 5.69 Å². The fourth-order valence-corrected chi connectivity index (χ4v) is 4.60. The van der Waals surface area contributed by atoms with Crippen molar-refractivity contribution >= 4 is 17.3 Å². The Balaban J connectivity index is 1.44. The Morgan fingerprint density at radius 3 is 2.39 bits per heavy atom. The first-order chi connectivity index (χ1) is 16.1. The van der Waals surface area contributed by atoms with Crippen LogP contribution in [0.3, 0.4) is 0 Å². The third kappa shape index (κ3) is 4.40. The van der Waals surface area contributed by atoms with E-state index in [1.165, 1.54) is 0 Å². The Bertz CT molecular complexity index is 1210. The molecule has 0 aromatic heterocycles. The molecule has 0 spiro atoms. The number of non-ortho nitro benzene ring substituents is 1. The van der Waals surface area contributed by atoms with Crippen LogP contribution in [0.1, 0.15) is 16.7 Å². The van der Waals surface area contributed by atoms with E-state index in [1.54, 1.807) is 12.1 Å². The van der Waals surface area contributed by atoms with E-state index in [0.717, 1.165) is 71.9 Å². The number of piperazine rings is 1. The lowest BCUT2D eigenvalue weighted by molar-refractivity contribution is -0.384. The van der Waals surface area contributed by atoms with Crippen molar-refractivity contribution in [3.05, 3.63) is 93.5 Å². The number of fused-ring (bicyclic) bond motifs is 3. The van der Waals surface area contributed by atoms with Gasteiger partial charge in [0.25, 0.3) is 5.69 Å². The molecule has 0 atom stereocenters. The summed E-state index contributed by atoms with van der Waals surface area (Å²) >= 11 is 0. The minimum Gasteiger partial charge on any atom is -0.492 e. The standard InChI is InChI=1S/C27H27N3O3/c1-28-12-14-29(15-13-28)16-17-33-27-9-5-2-6-20(27)18-25-23-8-4-3-7-22(23)24-11-10-21(30(31)32)19-26(24)25/h2-11,18-19H,12-17H2,1H3. The molecule has 1 aliphatic heterocycles. The zero-order chi connectivity index (χ0) is 22.8. The third-order valence-corrected chi connectivity index (χ3v) is 6.49. The first kappa shape index (κ1) is 21.4. The number of likely N-dealkylation sites (N-methyl/N-ethyl adjacent to an activating group) is 1. The van der Waals surface area contributed by atoms with Crippen LogP contribution in [0.2, 0.25) is 0 Å². The Kier molecular flexibility index (Phi) is 5.94. The summed E-state index contributed by atoms with van der Waals surface area (Å²) in [5.74, 6) is 0.829. The monoisotopic (exact) mass is 441 g/mol. The summed E-state index contributed by atoms with van der Waals surface area (Å²) in [4.78, 5) is 15.9. The van der Waals surface area contributed by atoms with Gasteiger partial charge in [0, 0.05) is 50.4 Å². The molecule has 0 N–H and O–H groups in total. The maximum Gasteiger partial charge on any atom is 0.270 e. The van der Waals surface area contributed by atoms with Crippen molar-refractivity contribution in [3.8, 4) is 16.9 Å². The van der Waals surface area contributed by atoms with E-state index in [0.29, 0.717) is 6.61 Å².